The van der Waals surface area contributed by atoms with Gasteiger partial charge in [0.2, 0.25) is 5.82 Å². The van der Waals surface area contributed by atoms with E-state index < -0.39 is 0 Å². The molecule has 4 N–H and O–H groups in total. The van der Waals surface area contributed by atoms with Gasteiger partial charge in [-0.05, 0) is 18.2 Å². The van der Waals surface area contributed by atoms with Crippen LogP contribution in [-0.4, -0.2) is 40.1 Å². The monoisotopic (exact) mass is 442 g/mol. The van der Waals surface area contributed by atoms with Gasteiger partial charge < -0.3 is 19.8 Å². The molecular formula is C23H20N7O3+. The van der Waals surface area contributed by atoms with Crippen LogP contribution >= 0.6 is 0 Å². The molecule has 0 atom stereocenters. The number of nitrogens with zero attached hydrogens (tertiary/aromatic N) is 3. The SMILES string of the molecule is COc1cc2[nH]c3ncnc(Nc4ncc(NC(=O)c5ccccc5)c[nH+]4)c3c2cc1OC. The highest BCUT2D eigenvalue weighted by molar-refractivity contribution is 6.12. The van der Waals surface area contributed by atoms with Crippen molar-refractivity contribution in [2.75, 3.05) is 24.9 Å². The van der Waals surface area contributed by atoms with Crippen LogP contribution in [0.15, 0.2) is 61.2 Å². The number of carbonyl (C=O) groups is 1. The molecule has 10 nitrogen and oxygen atoms in total. The number of ether oxygens (including phenoxy) is 2. The summed E-state index contributed by atoms with van der Waals surface area (Å²) in [7, 11) is 3.18. The number of benzene rings is 2. The van der Waals surface area contributed by atoms with Crippen LogP contribution in [0, 0.1) is 0 Å². The fourth-order valence-corrected chi connectivity index (χ4v) is 3.54. The summed E-state index contributed by atoms with van der Waals surface area (Å²) in [5.74, 6) is 2.00. The molecule has 0 saturated carbocycles. The Morgan fingerprint density at radius 3 is 2.55 bits per heavy atom. The van der Waals surface area contributed by atoms with E-state index >= 15 is 0 Å². The summed E-state index contributed by atoms with van der Waals surface area (Å²) in [6, 6.07) is 12.7. The molecule has 0 fully saturated rings. The standard InChI is InChI=1S/C23H19N7O3/c1-32-17-8-15-16(9-18(17)33-2)29-20-19(15)21(27-12-26-20)30-23-24-10-14(11-25-23)28-22(31)13-6-4-3-5-7-13/h3-12H,1-2H3,(H,28,31)(H2,24,25,26,27,29,30)/p+1. The zero-order chi connectivity index (χ0) is 22.8. The van der Waals surface area contributed by atoms with Gasteiger partial charge in [0.1, 0.15) is 23.9 Å². The van der Waals surface area contributed by atoms with Crippen molar-refractivity contribution in [3.05, 3.63) is 66.7 Å². The number of aromatic amines is 2. The van der Waals surface area contributed by atoms with Crippen LogP contribution in [0.5, 0.6) is 11.5 Å². The Bertz CT molecular complexity index is 1450. The molecular weight excluding hydrogens is 422 g/mol. The maximum absolute atomic E-state index is 12.3. The van der Waals surface area contributed by atoms with E-state index in [-0.39, 0.29) is 5.91 Å². The van der Waals surface area contributed by atoms with E-state index in [0.717, 1.165) is 16.3 Å². The average molecular weight is 442 g/mol. The highest BCUT2D eigenvalue weighted by Crippen LogP contribution is 2.37. The van der Waals surface area contributed by atoms with E-state index in [4.69, 9.17) is 9.47 Å². The Morgan fingerprint density at radius 2 is 1.82 bits per heavy atom. The van der Waals surface area contributed by atoms with Gasteiger partial charge in [0, 0.05) is 17.0 Å². The van der Waals surface area contributed by atoms with E-state index in [1.807, 2.05) is 30.3 Å². The molecule has 164 valence electrons. The third-order valence-electron chi connectivity index (χ3n) is 5.12. The number of anilines is 3. The summed E-state index contributed by atoms with van der Waals surface area (Å²) in [6.07, 6.45) is 4.67. The van der Waals surface area contributed by atoms with Crippen molar-refractivity contribution in [2.45, 2.75) is 0 Å². The second kappa shape index (κ2) is 8.42. The number of hydrogen-bond donors (Lipinski definition) is 3. The van der Waals surface area contributed by atoms with Crippen LogP contribution in [0.2, 0.25) is 0 Å². The van der Waals surface area contributed by atoms with Gasteiger partial charge in [-0.15, -0.1) is 0 Å². The van der Waals surface area contributed by atoms with Gasteiger partial charge in [0.15, 0.2) is 11.5 Å². The minimum atomic E-state index is -0.216. The van der Waals surface area contributed by atoms with E-state index in [0.29, 0.717) is 40.2 Å². The normalized spacial score (nSPS) is 10.8. The highest BCUT2D eigenvalue weighted by Gasteiger charge is 2.18. The van der Waals surface area contributed by atoms with Crippen LogP contribution in [0.3, 0.4) is 0 Å². The smallest absolute Gasteiger partial charge is 0.395 e. The first-order valence-corrected chi connectivity index (χ1v) is 10.1. The van der Waals surface area contributed by atoms with Crippen LogP contribution < -0.4 is 25.1 Å². The number of carbonyl (C=O) groups excluding carboxylic acids is 1. The minimum absolute atomic E-state index is 0.216. The molecule has 0 radical (unpaired) electrons. The molecule has 0 aliphatic rings. The van der Waals surface area contributed by atoms with Crippen molar-refractivity contribution in [3.8, 4) is 11.5 Å². The molecule has 0 aliphatic carbocycles. The lowest BCUT2D eigenvalue weighted by Crippen LogP contribution is -2.17. The fourth-order valence-electron chi connectivity index (χ4n) is 3.54. The van der Waals surface area contributed by atoms with E-state index in [2.05, 4.69) is 35.6 Å². The van der Waals surface area contributed by atoms with Crippen LogP contribution in [0.25, 0.3) is 21.9 Å². The summed E-state index contributed by atoms with van der Waals surface area (Å²) in [6.45, 7) is 0. The highest BCUT2D eigenvalue weighted by atomic mass is 16.5. The quantitative estimate of drug-likeness (QED) is 0.368. The molecule has 0 saturated heterocycles. The van der Waals surface area contributed by atoms with E-state index in [1.165, 1.54) is 6.33 Å². The van der Waals surface area contributed by atoms with Gasteiger partial charge in [-0.2, -0.15) is 0 Å². The van der Waals surface area contributed by atoms with Crippen molar-refractivity contribution < 1.29 is 19.3 Å². The topological polar surface area (TPSA) is 128 Å². The summed E-state index contributed by atoms with van der Waals surface area (Å²) in [5.41, 5.74) is 2.59. The number of hydrogen-bond acceptors (Lipinski definition) is 7. The molecule has 5 aromatic rings. The van der Waals surface area contributed by atoms with E-state index in [1.54, 1.807) is 38.7 Å². The summed E-state index contributed by atoms with van der Waals surface area (Å²) < 4.78 is 10.8. The molecule has 0 spiro atoms. The number of amides is 1. The number of aromatic nitrogens is 5. The number of fused-ring (bicyclic) bond motifs is 3. The van der Waals surface area contributed by atoms with Gasteiger partial charge >= 0.3 is 5.95 Å². The molecule has 0 bridgehead atoms. The lowest BCUT2D eigenvalue weighted by molar-refractivity contribution is -0.363. The Labute approximate surface area is 188 Å². The minimum Gasteiger partial charge on any atom is -0.493 e. The van der Waals surface area contributed by atoms with Crippen LogP contribution in [0.1, 0.15) is 10.4 Å². The van der Waals surface area contributed by atoms with Crippen molar-refractivity contribution >= 4 is 45.3 Å². The Hall–Kier alpha value is -4.73. The average Bonchev–Trinajstić information content (AvgIpc) is 3.23. The molecule has 3 aromatic heterocycles. The first kappa shape index (κ1) is 20.2. The Balaban J connectivity index is 1.43. The maximum atomic E-state index is 12.3. The third-order valence-corrected chi connectivity index (χ3v) is 5.12. The molecule has 0 aliphatic heterocycles. The predicted octanol–water partition coefficient (Wildman–Crippen LogP) is 3.33. The van der Waals surface area contributed by atoms with Gasteiger partial charge in [0.05, 0.1) is 31.3 Å². The lowest BCUT2D eigenvalue weighted by atomic mass is 10.2. The van der Waals surface area contributed by atoms with E-state index in [9.17, 15) is 4.79 Å². The molecule has 2 aromatic carbocycles. The van der Waals surface area contributed by atoms with Crippen molar-refractivity contribution in [1.82, 2.24) is 19.9 Å². The van der Waals surface area contributed by atoms with Crippen molar-refractivity contribution in [3.63, 3.8) is 0 Å². The fraction of sp³-hybridized carbons (Fsp3) is 0.0870. The number of H-pyrrole nitrogens is 2. The molecule has 33 heavy (non-hydrogen) atoms. The number of methoxy groups -OCH3 is 2. The maximum Gasteiger partial charge on any atom is 0.395 e. The van der Waals surface area contributed by atoms with Gasteiger partial charge in [0.25, 0.3) is 5.91 Å². The Morgan fingerprint density at radius 1 is 1.03 bits per heavy atom. The van der Waals surface area contributed by atoms with Crippen LogP contribution in [-0.2, 0) is 0 Å². The van der Waals surface area contributed by atoms with Crippen molar-refractivity contribution in [1.29, 1.82) is 0 Å². The molecule has 1 amide bonds. The molecule has 3 heterocycles. The third kappa shape index (κ3) is 3.85. The van der Waals surface area contributed by atoms with Gasteiger partial charge in [-0.3, -0.25) is 4.79 Å². The second-order valence-electron chi connectivity index (χ2n) is 7.12. The van der Waals surface area contributed by atoms with Gasteiger partial charge in [-0.1, -0.05) is 23.2 Å². The summed E-state index contributed by atoms with van der Waals surface area (Å²) >= 11 is 0. The van der Waals surface area contributed by atoms with Crippen LogP contribution in [0.4, 0.5) is 17.5 Å². The zero-order valence-electron chi connectivity index (χ0n) is 17.8. The first-order chi connectivity index (χ1) is 16.2. The lowest BCUT2D eigenvalue weighted by Gasteiger charge is -2.07. The second-order valence-corrected chi connectivity index (χ2v) is 7.12. The molecule has 10 heteroatoms. The molecule has 5 rings (SSSR count). The van der Waals surface area contributed by atoms with Gasteiger partial charge in [-0.25, -0.2) is 20.3 Å². The Kier molecular flexibility index (Phi) is 5.15. The number of nitrogens with one attached hydrogen (secondary N) is 4. The zero-order valence-corrected chi connectivity index (χ0v) is 17.8. The largest absolute Gasteiger partial charge is 0.493 e. The summed E-state index contributed by atoms with van der Waals surface area (Å²) in [4.78, 5) is 31.7. The predicted molar refractivity (Wildman–Crippen MR) is 123 cm³/mol. The number of rotatable bonds is 6. The molecule has 0 unspecified atom stereocenters. The van der Waals surface area contributed by atoms with Crippen molar-refractivity contribution in [2.24, 2.45) is 0 Å². The summed E-state index contributed by atoms with van der Waals surface area (Å²) in [5, 5.41) is 7.64. The first-order valence-electron chi connectivity index (χ1n) is 10.1.